The second-order valence-corrected chi connectivity index (χ2v) is 4.76. The lowest BCUT2D eigenvalue weighted by molar-refractivity contribution is 0.582. The van der Waals surface area contributed by atoms with Crippen LogP contribution in [0.15, 0.2) is 30.6 Å². The Hall–Kier alpha value is -1.68. The number of hydrogen-bond donors (Lipinski definition) is 1. The van der Waals surface area contributed by atoms with Crippen molar-refractivity contribution in [2.24, 2.45) is 0 Å². The topological polar surface area (TPSA) is 29.9 Å². The van der Waals surface area contributed by atoms with E-state index in [1.807, 2.05) is 30.1 Å². The Kier molecular flexibility index (Phi) is 4.32. The third-order valence-corrected chi connectivity index (χ3v) is 3.38. The van der Waals surface area contributed by atoms with Crippen LogP contribution in [-0.2, 0) is 13.0 Å². The summed E-state index contributed by atoms with van der Waals surface area (Å²) < 4.78 is 15.2. The molecule has 0 spiro atoms. The number of nitrogens with zero attached hydrogens (tertiary/aromatic N) is 2. The Labute approximate surface area is 113 Å². The van der Waals surface area contributed by atoms with Gasteiger partial charge in [-0.3, -0.25) is 4.68 Å². The Morgan fingerprint density at radius 3 is 2.79 bits per heavy atom. The number of aryl methyl sites for hydroxylation is 2. The maximum Gasteiger partial charge on any atom is 0.126 e. The molecule has 0 radical (unpaired) electrons. The predicted molar refractivity (Wildman–Crippen MR) is 74.5 cm³/mol. The molecule has 0 saturated heterocycles. The second kappa shape index (κ2) is 5.97. The number of rotatable bonds is 5. The number of benzene rings is 1. The summed E-state index contributed by atoms with van der Waals surface area (Å²) in [5.74, 6) is -0.155. The Morgan fingerprint density at radius 1 is 1.42 bits per heavy atom. The van der Waals surface area contributed by atoms with Gasteiger partial charge in [0.15, 0.2) is 0 Å². The fraction of sp³-hybridized carbons (Fsp3) is 0.400. The molecule has 0 saturated carbocycles. The van der Waals surface area contributed by atoms with Crippen molar-refractivity contribution in [3.63, 3.8) is 0 Å². The summed E-state index contributed by atoms with van der Waals surface area (Å²) in [6, 6.07) is 5.45. The predicted octanol–water partition coefficient (Wildman–Crippen LogP) is 2.85. The van der Waals surface area contributed by atoms with Gasteiger partial charge in [-0.1, -0.05) is 12.1 Å². The summed E-state index contributed by atoms with van der Waals surface area (Å²) in [4.78, 5) is 0. The molecule has 1 atom stereocenters. The Balaban J connectivity index is 2.17. The molecule has 0 amide bonds. The second-order valence-electron chi connectivity index (χ2n) is 4.76. The molecule has 0 aliphatic heterocycles. The van der Waals surface area contributed by atoms with Crippen LogP contribution in [0.5, 0.6) is 0 Å². The highest BCUT2D eigenvalue weighted by Crippen LogP contribution is 2.20. The van der Waals surface area contributed by atoms with Crippen molar-refractivity contribution in [1.82, 2.24) is 15.1 Å². The van der Waals surface area contributed by atoms with E-state index in [-0.39, 0.29) is 11.9 Å². The first-order valence-corrected chi connectivity index (χ1v) is 6.58. The Bertz CT molecular complexity index is 548. The molecule has 2 rings (SSSR count). The molecule has 1 heterocycles. The molecule has 1 N–H and O–H groups in total. The van der Waals surface area contributed by atoms with Gasteiger partial charge in [-0.25, -0.2) is 4.39 Å². The lowest BCUT2D eigenvalue weighted by Gasteiger charge is -2.16. The number of likely N-dealkylation sites (N-methyl/N-ethyl adjacent to an activating group) is 1. The Morgan fingerprint density at radius 2 is 2.21 bits per heavy atom. The molecule has 4 heteroatoms. The maximum absolute atomic E-state index is 13.3. The number of halogens is 1. The summed E-state index contributed by atoms with van der Waals surface area (Å²) in [5.41, 5.74) is 2.97. The van der Waals surface area contributed by atoms with E-state index in [1.165, 1.54) is 11.6 Å². The highest BCUT2D eigenvalue weighted by molar-refractivity contribution is 5.27. The minimum absolute atomic E-state index is 0.155. The molecule has 102 valence electrons. The van der Waals surface area contributed by atoms with E-state index in [0.717, 1.165) is 18.5 Å². The van der Waals surface area contributed by atoms with E-state index in [1.54, 1.807) is 6.92 Å². The smallest absolute Gasteiger partial charge is 0.126 e. The third kappa shape index (κ3) is 3.20. The zero-order valence-corrected chi connectivity index (χ0v) is 11.7. The van der Waals surface area contributed by atoms with E-state index in [9.17, 15) is 4.39 Å². The molecular formula is C15H20FN3. The lowest BCUT2D eigenvalue weighted by atomic mass is 9.99. The van der Waals surface area contributed by atoms with Crippen LogP contribution in [0, 0.1) is 12.7 Å². The van der Waals surface area contributed by atoms with Gasteiger partial charge in [0.25, 0.3) is 0 Å². The fourth-order valence-electron chi connectivity index (χ4n) is 2.19. The van der Waals surface area contributed by atoms with Gasteiger partial charge in [-0.05, 0) is 50.1 Å². The summed E-state index contributed by atoms with van der Waals surface area (Å²) in [6.45, 7) is 4.73. The van der Waals surface area contributed by atoms with Gasteiger partial charge in [-0.15, -0.1) is 0 Å². The molecule has 0 aliphatic rings. The highest BCUT2D eigenvalue weighted by Gasteiger charge is 2.12. The van der Waals surface area contributed by atoms with Gasteiger partial charge in [0.1, 0.15) is 5.82 Å². The van der Waals surface area contributed by atoms with Crippen LogP contribution < -0.4 is 5.32 Å². The third-order valence-electron chi connectivity index (χ3n) is 3.38. The molecule has 0 fully saturated rings. The number of nitrogens with one attached hydrogen (secondary N) is 1. The van der Waals surface area contributed by atoms with Gasteiger partial charge in [0, 0.05) is 18.8 Å². The van der Waals surface area contributed by atoms with Crippen molar-refractivity contribution < 1.29 is 4.39 Å². The van der Waals surface area contributed by atoms with Crippen molar-refractivity contribution >= 4 is 0 Å². The van der Waals surface area contributed by atoms with Crippen molar-refractivity contribution in [1.29, 1.82) is 0 Å². The quantitative estimate of drug-likeness (QED) is 0.897. The molecule has 0 bridgehead atoms. The van der Waals surface area contributed by atoms with Crippen LogP contribution in [0.4, 0.5) is 4.39 Å². The number of aromatic nitrogens is 2. The van der Waals surface area contributed by atoms with E-state index in [2.05, 4.69) is 23.5 Å². The summed E-state index contributed by atoms with van der Waals surface area (Å²) in [7, 11) is 1.92. The van der Waals surface area contributed by atoms with Gasteiger partial charge in [0.2, 0.25) is 0 Å². The monoisotopic (exact) mass is 261 g/mol. The van der Waals surface area contributed by atoms with E-state index in [0.29, 0.717) is 5.56 Å². The molecular weight excluding hydrogens is 241 g/mol. The van der Waals surface area contributed by atoms with Crippen molar-refractivity contribution in [3.8, 4) is 0 Å². The van der Waals surface area contributed by atoms with Crippen LogP contribution in [0.25, 0.3) is 0 Å². The molecule has 19 heavy (non-hydrogen) atoms. The molecule has 2 aromatic rings. The summed E-state index contributed by atoms with van der Waals surface area (Å²) in [5, 5.41) is 7.56. The van der Waals surface area contributed by atoms with Crippen LogP contribution in [-0.4, -0.2) is 16.8 Å². The number of hydrogen-bond acceptors (Lipinski definition) is 2. The first-order chi connectivity index (χ1) is 9.13. The molecule has 1 unspecified atom stereocenters. The van der Waals surface area contributed by atoms with Gasteiger partial charge in [0.05, 0.1) is 6.20 Å². The van der Waals surface area contributed by atoms with E-state index < -0.39 is 0 Å². The van der Waals surface area contributed by atoms with Gasteiger partial charge in [-0.2, -0.15) is 5.10 Å². The summed E-state index contributed by atoms with van der Waals surface area (Å²) in [6.07, 6.45) is 4.80. The average Bonchev–Trinajstić information content (AvgIpc) is 2.87. The summed E-state index contributed by atoms with van der Waals surface area (Å²) >= 11 is 0. The first kappa shape index (κ1) is 13.7. The minimum atomic E-state index is -0.155. The SMILES string of the molecule is CCn1cc(CC(NC)c2ccc(F)c(C)c2)cn1. The van der Waals surface area contributed by atoms with Crippen LogP contribution in [0.2, 0.25) is 0 Å². The highest BCUT2D eigenvalue weighted by atomic mass is 19.1. The molecule has 1 aromatic heterocycles. The molecule has 3 nitrogen and oxygen atoms in total. The van der Waals surface area contributed by atoms with Crippen molar-refractivity contribution in [3.05, 3.63) is 53.1 Å². The minimum Gasteiger partial charge on any atom is -0.313 e. The largest absolute Gasteiger partial charge is 0.313 e. The van der Waals surface area contributed by atoms with Crippen LogP contribution in [0.1, 0.15) is 29.7 Å². The van der Waals surface area contributed by atoms with Crippen molar-refractivity contribution in [2.45, 2.75) is 32.9 Å². The zero-order chi connectivity index (χ0) is 13.8. The van der Waals surface area contributed by atoms with Crippen molar-refractivity contribution in [2.75, 3.05) is 7.05 Å². The van der Waals surface area contributed by atoms with Crippen LogP contribution in [0.3, 0.4) is 0 Å². The normalized spacial score (nSPS) is 12.6. The van der Waals surface area contributed by atoms with Gasteiger partial charge < -0.3 is 5.32 Å². The zero-order valence-electron chi connectivity index (χ0n) is 11.7. The fourth-order valence-corrected chi connectivity index (χ4v) is 2.19. The standard InChI is InChI=1S/C15H20FN3/c1-4-19-10-12(9-18-19)8-15(17-3)13-5-6-14(16)11(2)7-13/h5-7,9-10,15,17H,4,8H2,1-3H3. The molecule has 1 aromatic carbocycles. The average molecular weight is 261 g/mol. The van der Waals surface area contributed by atoms with Crippen LogP contribution >= 0.6 is 0 Å². The molecule has 0 aliphatic carbocycles. The maximum atomic E-state index is 13.3. The lowest BCUT2D eigenvalue weighted by Crippen LogP contribution is -2.18. The van der Waals surface area contributed by atoms with Gasteiger partial charge >= 0.3 is 0 Å². The first-order valence-electron chi connectivity index (χ1n) is 6.58. The van der Waals surface area contributed by atoms with E-state index >= 15 is 0 Å². The van der Waals surface area contributed by atoms with E-state index in [4.69, 9.17) is 0 Å².